The molecule has 1 amide bonds. The van der Waals surface area contributed by atoms with Gasteiger partial charge in [-0.25, -0.2) is 0 Å². The fourth-order valence-corrected chi connectivity index (χ4v) is 2.52. The summed E-state index contributed by atoms with van der Waals surface area (Å²) in [5.41, 5.74) is 2.28. The highest BCUT2D eigenvalue weighted by Gasteiger charge is 2.12. The van der Waals surface area contributed by atoms with Crippen LogP contribution in [0.25, 0.3) is 11.6 Å². The molecule has 0 radical (unpaired) electrons. The maximum Gasteiger partial charge on any atom is 0.251 e. The van der Waals surface area contributed by atoms with E-state index in [1.54, 1.807) is 0 Å². The number of benzene rings is 2. The molecule has 0 unspecified atom stereocenters. The first-order valence-corrected chi connectivity index (χ1v) is 8.87. The zero-order valence-electron chi connectivity index (χ0n) is 14.7. The predicted molar refractivity (Wildman–Crippen MR) is 104 cm³/mol. The maximum absolute atomic E-state index is 12.7. The van der Waals surface area contributed by atoms with Crippen molar-refractivity contribution in [3.63, 3.8) is 0 Å². The molecule has 0 saturated carbocycles. The van der Waals surface area contributed by atoms with Crippen LogP contribution in [0.15, 0.2) is 54.6 Å². The Morgan fingerprint density at radius 2 is 1.80 bits per heavy atom. The van der Waals surface area contributed by atoms with Crippen molar-refractivity contribution in [1.82, 2.24) is 5.32 Å². The first-order valence-electron chi connectivity index (χ1n) is 8.49. The third kappa shape index (κ3) is 6.37. The number of nitrogens with one attached hydrogen (secondary N) is 1. The number of carbonyl (C=O) groups excluding carboxylic acids is 1. The number of ether oxygens (including phenoxy) is 1. The second-order valence-electron chi connectivity index (χ2n) is 5.97. The zero-order valence-corrected chi connectivity index (χ0v) is 15.4. The van der Waals surface area contributed by atoms with E-state index in [1.165, 1.54) is 0 Å². The van der Waals surface area contributed by atoms with Gasteiger partial charge in [0.1, 0.15) is 0 Å². The highest BCUT2D eigenvalue weighted by atomic mass is 35.5. The van der Waals surface area contributed by atoms with Crippen LogP contribution in [0.5, 0.6) is 0 Å². The summed E-state index contributed by atoms with van der Waals surface area (Å²) in [7, 11) is 0. The molecule has 0 aromatic heterocycles. The molecule has 132 valence electrons. The van der Waals surface area contributed by atoms with Gasteiger partial charge in [0, 0.05) is 23.7 Å². The summed E-state index contributed by atoms with van der Waals surface area (Å²) in [5.74, 6) is -0.115. The molecule has 2 aromatic carbocycles. The standard InChI is InChI=1S/C21H24ClNO2/c1-16(2)25-14-8-13-23-21(24)19(17-9-4-3-5-10-17)15-18-11-6-7-12-20(18)22/h3-7,9-12,15-16H,8,13-14H2,1-2H3,(H,23,24)/b19-15+. The molecule has 25 heavy (non-hydrogen) atoms. The van der Waals surface area contributed by atoms with E-state index in [0.29, 0.717) is 23.7 Å². The van der Waals surface area contributed by atoms with Crippen molar-refractivity contribution in [3.8, 4) is 0 Å². The molecule has 0 atom stereocenters. The van der Waals surface area contributed by atoms with Gasteiger partial charge in [0.05, 0.1) is 6.10 Å². The van der Waals surface area contributed by atoms with Crippen molar-refractivity contribution in [1.29, 1.82) is 0 Å². The van der Waals surface area contributed by atoms with Crippen molar-refractivity contribution < 1.29 is 9.53 Å². The van der Waals surface area contributed by atoms with Gasteiger partial charge in [-0.2, -0.15) is 0 Å². The molecule has 2 rings (SSSR count). The smallest absolute Gasteiger partial charge is 0.251 e. The molecular weight excluding hydrogens is 334 g/mol. The first kappa shape index (κ1) is 19.2. The van der Waals surface area contributed by atoms with Crippen LogP contribution in [-0.2, 0) is 9.53 Å². The third-order valence-electron chi connectivity index (χ3n) is 3.59. The Labute approximate surface area is 154 Å². The molecule has 1 N–H and O–H groups in total. The molecule has 0 bridgehead atoms. The number of hydrogen-bond acceptors (Lipinski definition) is 2. The van der Waals surface area contributed by atoms with E-state index in [2.05, 4.69) is 5.32 Å². The topological polar surface area (TPSA) is 38.3 Å². The van der Waals surface area contributed by atoms with Crippen LogP contribution in [0, 0.1) is 0 Å². The Hall–Kier alpha value is -2.10. The molecule has 3 nitrogen and oxygen atoms in total. The van der Waals surface area contributed by atoms with Crippen LogP contribution in [0.1, 0.15) is 31.4 Å². The van der Waals surface area contributed by atoms with Gasteiger partial charge in [0.2, 0.25) is 0 Å². The summed E-state index contributed by atoms with van der Waals surface area (Å²) in [6.07, 6.45) is 2.81. The Kier molecular flexibility index (Phi) is 7.71. The number of rotatable bonds is 8. The molecule has 0 saturated heterocycles. The summed E-state index contributed by atoms with van der Waals surface area (Å²) in [5, 5.41) is 3.58. The summed E-state index contributed by atoms with van der Waals surface area (Å²) < 4.78 is 5.50. The molecule has 0 aliphatic heterocycles. The van der Waals surface area contributed by atoms with Crippen LogP contribution in [0.4, 0.5) is 0 Å². The van der Waals surface area contributed by atoms with Gasteiger partial charge in [-0.05, 0) is 43.5 Å². The average molecular weight is 358 g/mol. The van der Waals surface area contributed by atoms with E-state index in [9.17, 15) is 4.79 Å². The Morgan fingerprint density at radius 1 is 1.12 bits per heavy atom. The van der Waals surface area contributed by atoms with Gasteiger partial charge in [-0.1, -0.05) is 60.1 Å². The van der Waals surface area contributed by atoms with Crippen LogP contribution < -0.4 is 5.32 Å². The largest absolute Gasteiger partial charge is 0.379 e. The second-order valence-corrected chi connectivity index (χ2v) is 6.38. The SMILES string of the molecule is CC(C)OCCCNC(=O)/C(=C/c1ccccc1Cl)c1ccccc1. The lowest BCUT2D eigenvalue weighted by molar-refractivity contribution is -0.115. The van der Waals surface area contributed by atoms with Gasteiger partial charge in [0.15, 0.2) is 0 Å². The summed E-state index contributed by atoms with van der Waals surface area (Å²) >= 11 is 6.24. The summed E-state index contributed by atoms with van der Waals surface area (Å²) in [6.45, 7) is 5.20. The van der Waals surface area contributed by atoms with E-state index in [4.69, 9.17) is 16.3 Å². The lowest BCUT2D eigenvalue weighted by atomic mass is 10.0. The monoisotopic (exact) mass is 357 g/mol. The zero-order chi connectivity index (χ0) is 18.1. The van der Waals surface area contributed by atoms with Gasteiger partial charge in [-0.3, -0.25) is 4.79 Å². The highest BCUT2D eigenvalue weighted by molar-refractivity contribution is 6.33. The van der Waals surface area contributed by atoms with Crippen LogP contribution in [0.2, 0.25) is 5.02 Å². The number of halogens is 1. The number of amides is 1. The van der Waals surface area contributed by atoms with E-state index < -0.39 is 0 Å². The van der Waals surface area contributed by atoms with E-state index in [-0.39, 0.29) is 12.0 Å². The lowest BCUT2D eigenvalue weighted by Gasteiger charge is -2.11. The van der Waals surface area contributed by atoms with Crippen LogP contribution >= 0.6 is 11.6 Å². The van der Waals surface area contributed by atoms with Crippen molar-refractivity contribution in [2.24, 2.45) is 0 Å². The minimum atomic E-state index is -0.115. The number of carbonyl (C=O) groups is 1. The van der Waals surface area contributed by atoms with Gasteiger partial charge < -0.3 is 10.1 Å². The third-order valence-corrected chi connectivity index (χ3v) is 3.94. The average Bonchev–Trinajstić information content (AvgIpc) is 2.61. The van der Waals surface area contributed by atoms with Crippen LogP contribution in [0.3, 0.4) is 0 Å². The van der Waals surface area contributed by atoms with Crippen molar-refractivity contribution in [2.75, 3.05) is 13.2 Å². The summed E-state index contributed by atoms with van der Waals surface area (Å²) in [6, 6.07) is 17.1. The molecule has 0 spiro atoms. The van der Waals surface area contributed by atoms with Crippen molar-refractivity contribution >= 4 is 29.2 Å². The second kappa shape index (κ2) is 10.0. The van der Waals surface area contributed by atoms with E-state index >= 15 is 0 Å². The predicted octanol–water partition coefficient (Wildman–Crippen LogP) is 4.81. The van der Waals surface area contributed by atoms with Crippen LogP contribution in [-0.4, -0.2) is 25.2 Å². The van der Waals surface area contributed by atoms with Gasteiger partial charge in [0.25, 0.3) is 5.91 Å². The molecule has 0 aliphatic rings. The Bertz CT molecular complexity index is 711. The minimum Gasteiger partial charge on any atom is -0.379 e. The Balaban J connectivity index is 2.13. The van der Waals surface area contributed by atoms with Gasteiger partial charge >= 0.3 is 0 Å². The highest BCUT2D eigenvalue weighted by Crippen LogP contribution is 2.23. The molecule has 0 fully saturated rings. The van der Waals surface area contributed by atoms with Gasteiger partial charge in [-0.15, -0.1) is 0 Å². The molecular formula is C21H24ClNO2. The minimum absolute atomic E-state index is 0.115. The number of hydrogen-bond donors (Lipinski definition) is 1. The quantitative estimate of drug-likeness (QED) is 0.418. The molecule has 0 heterocycles. The molecule has 4 heteroatoms. The molecule has 2 aromatic rings. The van der Waals surface area contributed by atoms with Crippen molar-refractivity contribution in [2.45, 2.75) is 26.4 Å². The van der Waals surface area contributed by atoms with E-state index in [0.717, 1.165) is 17.5 Å². The fraction of sp³-hybridized carbons (Fsp3) is 0.286. The van der Waals surface area contributed by atoms with Crippen molar-refractivity contribution in [3.05, 3.63) is 70.7 Å². The summed E-state index contributed by atoms with van der Waals surface area (Å²) in [4.78, 5) is 12.7. The van der Waals surface area contributed by atoms with E-state index in [1.807, 2.05) is 74.5 Å². The Morgan fingerprint density at radius 3 is 2.48 bits per heavy atom. The fourth-order valence-electron chi connectivity index (χ4n) is 2.33. The normalized spacial score (nSPS) is 11.6. The maximum atomic E-state index is 12.7. The lowest BCUT2D eigenvalue weighted by Crippen LogP contribution is -2.26. The first-order chi connectivity index (χ1) is 12.1. The molecule has 0 aliphatic carbocycles.